The van der Waals surface area contributed by atoms with E-state index >= 15 is 0 Å². The van der Waals surface area contributed by atoms with Gasteiger partial charge in [0.25, 0.3) is 0 Å². The highest BCUT2D eigenvalue weighted by molar-refractivity contribution is 5.86. The van der Waals surface area contributed by atoms with E-state index < -0.39 is 0 Å². The van der Waals surface area contributed by atoms with Crippen molar-refractivity contribution < 1.29 is 26.3 Å². The second kappa shape index (κ2) is 6.06. The molecule has 1 aromatic heterocycles. The second-order valence-corrected chi connectivity index (χ2v) is 4.65. The third-order valence-corrected chi connectivity index (χ3v) is 3.33. The fraction of sp³-hybridized carbons (Fsp3) is 0.118. The van der Waals surface area contributed by atoms with Gasteiger partial charge in [0.15, 0.2) is 12.4 Å². The minimum Gasteiger partial charge on any atom is -1.00 e. The van der Waals surface area contributed by atoms with E-state index in [4.69, 9.17) is 4.74 Å². The van der Waals surface area contributed by atoms with Gasteiger partial charge in [0.1, 0.15) is 5.75 Å². The van der Waals surface area contributed by atoms with Crippen LogP contribution in [0.4, 0.5) is 0 Å². The van der Waals surface area contributed by atoms with Crippen LogP contribution in [-0.4, -0.2) is 7.11 Å². The Bertz CT molecular complexity index is 723. The third kappa shape index (κ3) is 2.68. The molecule has 20 heavy (non-hydrogen) atoms. The zero-order valence-corrected chi connectivity index (χ0v) is 13.1. The van der Waals surface area contributed by atoms with E-state index in [-0.39, 0.29) is 17.0 Å². The lowest BCUT2D eigenvalue weighted by atomic mass is 10.1. The van der Waals surface area contributed by atoms with Gasteiger partial charge in [-0.3, -0.25) is 0 Å². The summed E-state index contributed by atoms with van der Waals surface area (Å²) in [5.74, 6) is 0.902. The first kappa shape index (κ1) is 14.5. The van der Waals surface area contributed by atoms with Crippen LogP contribution in [0.25, 0.3) is 16.5 Å². The van der Waals surface area contributed by atoms with Crippen LogP contribution in [0.2, 0.25) is 0 Å². The van der Waals surface area contributed by atoms with Crippen molar-refractivity contribution in [2.75, 3.05) is 7.11 Å². The third-order valence-electron chi connectivity index (χ3n) is 3.33. The molecule has 0 bridgehead atoms. The van der Waals surface area contributed by atoms with Crippen LogP contribution in [0.15, 0.2) is 60.9 Å². The van der Waals surface area contributed by atoms with E-state index in [9.17, 15) is 0 Å². The van der Waals surface area contributed by atoms with Crippen molar-refractivity contribution in [1.82, 2.24) is 0 Å². The molecule has 3 rings (SSSR count). The zero-order valence-electron chi connectivity index (χ0n) is 11.5. The van der Waals surface area contributed by atoms with E-state index in [1.54, 1.807) is 7.11 Å². The smallest absolute Gasteiger partial charge is 0.210 e. The van der Waals surface area contributed by atoms with Gasteiger partial charge < -0.3 is 21.7 Å². The Hall–Kier alpha value is -1.87. The van der Waals surface area contributed by atoms with Crippen molar-refractivity contribution >= 4 is 10.8 Å². The highest BCUT2D eigenvalue weighted by Crippen LogP contribution is 2.23. The summed E-state index contributed by atoms with van der Waals surface area (Å²) in [6.45, 7) is 2.10. The number of benzene rings is 2. The van der Waals surface area contributed by atoms with E-state index in [2.05, 4.69) is 60.3 Å². The minimum atomic E-state index is 0. The minimum absolute atomic E-state index is 0. The molecular weight excluding hydrogens is 314 g/mol. The first-order valence-corrected chi connectivity index (χ1v) is 6.33. The quantitative estimate of drug-likeness (QED) is 0.622. The van der Waals surface area contributed by atoms with Crippen molar-refractivity contribution in [1.29, 1.82) is 0 Å². The molecule has 2 aromatic carbocycles. The molecule has 0 radical (unpaired) electrons. The number of methoxy groups -OCH3 is 1. The Balaban J connectivity index is 0.00000147. The molecular formula is C17H16BrNO. The number of hydrogen-bond donors (Lipinski definition) is 0. The molecule has 0 saturated carbocycles. The Kier molecular flexibility index (Phi) is 4.40. The molecule has 1 heterocycles. The number of rotatable bonds is 2. The van der Waals surface area contributed by atoms with E-state index in [0.717, 1.165) is 16.8 Å². The standard InChI is InChI=1S/C17H16NO.BrH/c1-13-6-8-15(9-7-13)18-11-10-14-4-3-5-17(19-2)16(14)12-18;/h3-12H,1-2H3;1H/q+1;/p-1. The number of halogens is 1. The fourth-order valence-corrected chi connectivity index (χ4v) is 2.24. The molecule has 0 aliphatic heterocycles. The van der Waals surface area contributed by atoms with Crippen LogP contribution in [0.1, 0.15) is 5.56 Å². The Morgan fingerprint density at radius 1 is 0.950 bits per heavy atom. The lowest BCUT2D eigenvalue weighted by Gasteiger charge is -2.04. The summed E-state index contributed by atoms with van der Waals surface area (Å²) in [6, 6.07) is 16.7. The van der Waals surface area contributed by atoms with Crippen molar-refractivity contribution in [3.8, 4) is 11.4 Å². The lowest BCUT2D eigenvalue weighted by Crippen LogP contribution is -3.00. The largest absolute Gasteiger partial charge is 1.00 e. The summed E-state index contributed by atoms with van der Waals surface area (Å²) in [6.07, 6.45) is 4.19. The molecule has 0 atom stereocenters. The molecule has 0 N–H and O–H groups in total. The molecule has 2 nitrogen and oxygen atoms in total. The van der Waals surface area contributed by atoms with Gasteiger partial charge in [-0.15, -0.1) is 0 Å². The average molecular weight is 330 g/mol. The fourth-order valence-electron chi connectivity index (χ4n) is 2.24. The van der Waals surface area contributed by atoms with Gasteiger partial charge in [0, 0.05) is 18.2 Å². The number of fused-ring (bicyclic) bond motifs is 1. The number of ether oxygens (including phenoxy) is 1. The number of nitrogens with zero attached hydrogens (tertiary/aromatic N) is 1. The van der Waals surface area contributed by atoms with Crippen molar-refractivity contribution in [3.05, 3.63) is 66.5 Å². The van der Waals surface area contributed by atoms with Gasteiger partial charge in [-0.25, -0.2) is 0 Å². The molecule has 102 valence electrons. The Morgan fingerprint density at radius 3 is 2.40 bits per heavy atom. The maximum atomic E-state index is 5.42. The second-order valence-electron chi connectivity index (χ2n) is 4.65. The van der Waals surface area contributed by atoms with Crippen LogP contribution >= 0.6 is 0 Å². The topological polar surface area (TPSA) is 13.1 Å². The predicted molar refractivity (Wildman–Crippen MR) is 76.8 cm³/mol. The maximum absolute atomic E-state index is 5.42. The number of aryl methyl sites for hydroxylation is 1. The summed E-state index contributed by atoms with van der Waals surface area (Å²) >= 11 is 0. The first-order valence-electron chi connectivity index (χ1n) is 6.33. The molecule has 0 saturated heterocycles. The molecule has 0 amide bonds. The van der Waals surface area contributed by atoms with Crippen molar-refractivity contribution in [2.45, 2.75) is 6.92 Å². The molecule has 0 aliphatic carbocycles. The van der Waals surface area contributed by atoms with Crippen molar-refractivity contribution in [2.24, 2.45) is 0 Å². The molecule has 0 fully saturated rings. The van der Waals surface area contributed by atoms with Crippen LogP contribution in [-0.2, 0) is 0 Å². The average Bonchev–Trinajstić information content (AvgIpc) is 2.47. The first-order chi connectivity index (χ1) is 9.28. The molecule has 0 aliphatic rings. The SMILES string of the molecule is COc1cccc2cc[n+](-c3ccc(C)cc3)cc12.[Br-]. The summed E-state index contributed by atoms with van der Waals surface area (Å²) in [5, 5.41) is 2.30. The lowest BCUT2D eigenvalue weighted by molar-refractivity contribution is -0.594. The van der Waals surface area contributed by atoms with Crippen molar-refractivity contribution in [3.63, 3.8) is 0 Å². The van der Waals surface area contributed by atoms with Crippen LogP contribution in [0, 0.1) is 6.92 Å². The zero-order chi connectivity index (χ0) is 13.2. The van der Waals surface area contributed by atoms with Gasteiger partial charge >= 0.3 is 0 Å². The summed E-state index contributed by atoms with van der Waals surface area (Å²) < 4.78 is 7.54. The number of aromatic nitrogens is 1. The normalized spacial score (nSPS) is 10.1. The molecule has 0 spiro atoms. The Morgan fingerprint density at radius 2 is 1.70 bits per heavy atom. The van der Waals surface area contributed by atoms with Gasteiger partial charge in [-0.2, -0.15) is 4.57 Å². The number of hydrogen-bond acceptors (Lipinski definition) is 1. The predicted octanol–water partition coefficient (Wildman–Crippen LogP) is 0.438. The molecule has 3 aromatic rings. The van der Waals surface area contributed by atoms with Crippen LogP contribution in [0.5, 0.6) is 5.75 Å². The van der Waals surface area contributed by atoms with E-state index in [0.29, 0.717) is 0 Å². The van der Waals surface area contributed by atoms with E-state index in [1.165, 1.54) is 10.9 Å². The van der Waals surface area contributed by atoms with Gasteiger partial charge in [0.05, 0.1) is 12.5 Å². The maximum Gasteiger partial charge on any atom is 0.210 e. The van der Waals surface area contributed by atoms with Gasteiger partial charge in [-0.1, -0.05) is 29.8 Å². The van der Waals surface area contributed by atoms with Gasteiger partial charge in [0.2, 0.25) is 5.69 Å². The summed E-state index contributed by atoms with van der Waals surface area (Å²) in [5.41, 5.74) is 2.42. The van der Waals surface area contributed by atoms with Crippen LogP contribution in [0.3, 0.4) is 0 Å². The van der Waals surface area contributed by atoms with E-state index in [1.807, 2.05) is 12.1 Å². The molecule has 0 unspecified atom stereocenters. The van der Waals surface area contributed by atoms with Crippen LogP contribution < -0.4 is 26.3 Å². The Labute approximate surface area is 129 Å². The van der Waals surface area contributed by atoms with Gasteiger partial charge in [-0.05, 0) is 18.4 Å². The highest BCUT2D eigenvalue weighted by Gasteiger charge is 2.09. The summed E-state index contributed by atoms with van der Waals surface area (Å²) in [7, 11) is 1.71. The summed E-state index contributed by atoms with van der Waals surface area (Å²) in [4.78, 5) is 0. The molecule has 3 heteroatoms. The highest BCUT2D eigenvalue weighted by atomic mass is 79.9. The number of pyridine rings is 1. The monoisotopic (exact) mass is 329 g/mol.